The molecular weight excluding hydrogens is 315 g/mol. The lowest BCUT2D eigenvalue weighted by atomic mass is 10.2. The Kier molecular flexibility index (Phi) is 3.36. The van der Waals surface area contributed by atoms with E-state index in [1.165, 1.54) is 18.9 Å². The summed E-state index contributed by atoms with van der Waals surface area (Å²) in [5.41, 5.74) is 1.82. The van der Waals surface area contributed by atoms with Gasteiger partial charge in [0, 0.05) is 10.9 Å². The summed E-state index contributed by atoms with van der Waals surface area (Å²) in [5, 5.41) is 4.80. The summed E-state index contributed by atoms with van der Waals surface area (Å²) < 4.78 is 14.0. The van der Waals surface area contributed by atoms with Crippen LogP contribution in [0.25, 0.3) is 0 Å². The van der Waals surface area contributed by atoms with E-state index in [2.05, 4.69) is 26.2 Å². The molecule has 1 aliphatic carbocycles. The minimum Gasteiger partial charge on any atom is -0.335 e. The molecule has 96 valence electrons. The zero-order valence-corrected chi connectivity index (χ0v) is 12.4. The van der Waals surface area contributed by atoms with Crippen LogP contribution in [-0.2, 0) is 0 Å². The first-order chi connectivity index (χ1) is 8.63. The molecule has 1 atom stereocenters. The molecule has 1 fully saturated rings. The number of amidine groups is 1. The third-order valence-corrected chi connectivity index (χ3v) is 5.23. The number of hydrogen-bond acceptors (Lipinski definition) is 3. The summed E-state index contributed by atoms with van der Waals surface area (Å²) in [5.74, 6) is 0.603. The zero-order valence-electron chi connectivity index (χ0n) is 10.0. The fourth-order valence-corrected chi connectivity index (χ4v) is 3.75. The fourth-order valence-electron chi connectivity index (χ4n) is 2.07. The van der Waals surface area contributed by atoms with E-state index in [4.69, 9.17) is 0 Å². The van der Waals surface area contributed by atoms with Crippen LogP contribution < -0.4 is 5.32 Å². The normalized spacial score (nSPS) is 23.1. The predicted octanol–water partition coefficient (Wildman–Crippen LogP) is 4.19. The van der Waals surface area contributed by atoms with Gasteiger partial charge in [-0.15, -0.1) is 0 Å². The second-order valence-electron chi connectivity index (χ2n) is 4.85. The van der Waals surface area contributed by atoms with Crippen molar-refractivity contribution in [2.24, 2.45) is 10.9 Å². The molecule has 0 amide bonds. The van der Waals surface area contributed by atoms with Gasteiger partial charge in [0.25, 0.3) is 0 Å². The van der Waals surface area contributed by atoms with Crippen molar-refractivity contribution in [1.82, 2.24) is 0 Å². The summed E-state index contributed by atoms with van der Waals surface area (Å²) in [6, 6.07) is 3.31. The van der Waals surface area contributed by atoms with Crippen LogP contribution in [-0.4, -0.2) is 17.0 Å². The van der Waals surface area contributed by atoms with Crippen molar-refractivity contribution in [1.29, 1.82) is 0 Å². The number of rotatable bonds is 2. The molecule has 1 aliphatic heterocycles. The van der Waals surface area contributed by atoms with Crippen LogP contribution in [0.5, 0.6) is 0 Å². The van der Waals surface area contributed by atoms with Crippen LogP contribution in [0.4, 0.5) is 10.1 Å². The predicted molar refractivity (Wildman–Crippen MR) is 78.9 cm³/mol. The molecule has 0 saturated heterocycles. The van der Waals surface area contributed by atoms with Crippen molar-refractivity contribution in [3.05, 3.63) is 28.0 Å². The highest BCUT2D eigenvalue weighted by atomic mass is 79.9. The first kappa shape index (κ1) is 12.5. The standard InChI is InChI=1S/C13H14BrFN2S/c1-7-4-9(14)10(15)5-11(7)17-13-16-6-12(18-13)8-2-3-8/h4-5,8,12H,2-3,6H2,1H3,(H,16,17). The third kappa shape index (κ3) is 2.57. The van der Waals surface area contributed by atoms with E-state index in [0.29, 0.717) is 9.72 Å². The molecule has 3 rings (SSSR count). The highest BCUT2D eigenvalue weighted by molar-refractivity contribution is 9.10. The zero-order chi connectivity index (χ0) is 12.7. The van der Waals surface area contributed by atoms with E-state index in [0.717, 1.165) is 28.9 Å². The molecular formula is C13H14BrFN2S. The quantitative estimate of drug-likeness (QED) is 0.880. The number of thioether (sulfide) groups is 1. The number of aliphatic imine (C=N–C) groups is 1. The summed E-state index contributed by atoms with van der Waals surface area (Å²) in [6.07, 6.45) is 2.68. The van der Waals surface area contributed by atoms with Gasteiger partial charge in [0.2, 0.25) is 0 Å². The monoisotopic (exact) mass is 328 g/mol. The highest BCUT2D eigenvalue weighted by Gasteiger charge is 2.35. The van der Waals surface area contributed by atoms with Crippen LogP contribution in [0.2, 0.25) is 0 Å². The molecule has 1 saturated carbocycles. The Morgan fingerprint density at radius 3 is 2.94 bits per heavy atom. The van der Waals surface area contributed by atoms with Crippen molar-refractivity contribution in [2.75, 3.05) is 11.9 Å². The first-order valence-corrected chi connectivity index (χ1v) is 7.74. The molecule has 5 heteroatoms. The molecule has 0 bridgehead atoms. The van der Waals surface area contributed by atoms with Gasteiger partial charge in [-0.2, -0.15) is 0 Å². The third-order valence-electron chi connectivity index (χ3n) is 3.33. The second kappa shape index (κ2) is 4.85. The number of anilines is 1. The minimum atomic E-state index is -0.245. The van der Waals surface area contributed by atoms with Crippen LogP contribution in [0.3, 0.4) is 0 Å². The van der Waals surface area contributed by atoms with E-state index < -0.39 is 0 Å². The number of hydrogen-bond donors (Lipinski definition) is 1. The Hall–Kier alpha value is -0.550. The van der Waals surface area contributed by atoms with Crippen LogP contribution in [0, 0.1) is 18.7 Å². The molecule has 2 nitrogen and oxygen atoms in total. The van der Waals surface area contributed by atoms with Crippen molar-refractivity contribution in [3.8, 4) is 0 Å². The van der Waals surface area contributed by atoms with E-state index in [1.807, 2.05) is 6.92 Å². The Balaban J connectivity index is 1.71. The summed E-state index contributed by atoms with van der Waals surface area (Å²) in [4.78, 5) is 4.50. The molecule has 1 N–H and O–H groups in total. The molecule has 0 radical (unpaired) electrons. The van der Waals surface area contributed by atoms with Crippen molar-refractivity contribution < 1.29 is 4.39 Å². The fraction of sp³-hybridized carbons (Fsp3) is 0.462. The Bertz CT molecular complexity index is 514. The van der Waals surface area contributed by atoms with Crippen LogP contribution in [0.15, 0.2) is 21.6 Å². The lowest BCUT2D eigenvalue weighted by Crippen LogP contribution is -2.10. The first-order valence-electron chi connectivity index (χ1n) is 6.07. The maximum absolute atomic E-state index is 13.5. The summed E-state index contributed by atoms with van der Waals surface area (Å²) >= 11 is 4.99. The number of nitrogens with one attached hydrogen (secondary N) is 1. The van der Waals surface area contributed by atoms with Crippen molar-refractivity contribution in [2.45, 2.75) is 25.0 Å². The van der Waals surface area contributed by atoms with Gasteiger partial charge in [0.1, 0.15) is 5.82 Å². The van der Waals surface area contributed by atoms with Crippen LogP contribution in [0.1, 0.15) is 18.4 Å². The van der Waals surface area contributed by atoms with Gasteiger partial charge in [-0.25, -0.2) is 4.39 Å². The minimum absolute atomic E-state index is 0.245. The lowest BCUT2D eigenvalue weighted by molar-refractivity contribution is 0.621. The Morgan fingerprint density at radius 1 is 1.44 bits per heavy atom. The van der Waals surface area contributed by atoms with E-state index >= 15 is 0 Å². The second-order valence-corrected chi connectivity index (χ2v) is 6.93. The van der Waals surface area contributed by atoms with E-state index in [9.17, 15) is 4.39 Å². The van der Waals surface area contributed by atoms with Gasteiger partial charge in [0.05, 0.1) is 11.0 Å². The molecule has 1 heterocycles. The molecule has 1 aromatic carbocycles. The largest absolute Gasteiger partial charge is 0.335 e. The van der Waals surface area contributed by atoms with Gasteiger partial charge in [-0.1, -0.05) is 11.8 Å². The van der Waals surface area contributed by atoms with Gasteiger partial charge < -0.3 is 5.32 Å². The molecule has 0 aromatic heterocycles. The summed E-state index contributed by atoms with van der Waals surface area (Å²) in [7, 11) is 0. The number of benzene rings is 1. The average Bonchev–Trinajstić information content (AvgIpc) is 3.07. The Labute approximate surface area is 119 Å². The van der Waals surface area contributed by atoms with E-state index in [-0.39, 0.29) is 5.82 Å². The number of aryl methyl sites for hydroxylation is 1. The Morgan fingerprint density at radius 2 is 2.22 bits per heavy atom. The summed E-state index contributed by atoms with van der Waals surface area (Å²) in [6.45, 7) is 2.86. The maximum atomic E-state index is 13.5. The SMILES string of the molecule is Cc1cc(Br)c(F)cc1NC1=NCC(C2CC2)S1. The lowest BCUT2D eigenvalue weighted by Gasteiger charge is -2.11. The van der Waals surface area contributed by atoms with Crippen LogP contribution >= 0.6 is 27.7 Å². The van der Waals surface area contributed by atoms with Gasteiger partial charge >= 0.3 is 0 Å². The molecule has 0 spiro atoms. The number of nitrogens with zero attached hydrogens (tertiary/aromatic N) is 1. The molecule has 18 heavy (non-hydrogen) atoms. The van der Waals surface area contributed by atoms with Crippen molar-refractivity contribution >= 4 is 38.5 Å². The topological polar surface area (TPSA) is 24.4 Å². The molecule has 1 aromatic rings. The highest BCUT2D eigenvalue weighted by Crippen LogP contribution is 2.42. The van der Waals surface area contributed by atoms with Gasteiger partial charge in [-0.05, 0) is 59.3 Å². The van der Waals surface area contributed by atoms with Crippen molar-refractivity contribution in [3.63, 3.8) is 0 Å². The smallest absolute Gasteiger partial charge is 0.161 e. The maximum Gasteiger partial charge on any atom is 0.161 e. The number of halogens is 2. The van der Waals surface area contributed by atoms with Gasteiger partial charge in [-0.3, -0.25) is 4.99 Å². The van der Waals surface area contributed by atoms with Gasteiger partial charge in [0.15, 0.2) is 5.17 Å². The molecule has 2 aliphatic rings. The molecule has 1 unspecified atom stereocenters. The van der Waals surface area contributed by atoms with E-state index in [1.54, 1.807) is 17.8 Å². The average molecular weight is 329 g/mol.